The van der Waals surface area contributed by atoms with E-state index < -0.39 is 0 Å². The van der Waals surface area contributed by atoms with Crippen molar-refractivity contribution in [3.8, 4) is 0 Å². The Hall–Kier alpha value is -3.36. The van der Waals surface area contributed by atoms with Gasteiger partial charge in [0.25, 0.3) is 5.91 Å². The van der Waals surface area contributed by atoms with Gasteiger partial charge in [-0.3, -0.25) is 4.79 Å². The Bertz CT molecular complexity index is 1140. The Morgan fingerprint density at radius 3 is 2.72 bits per heavy atom. The molecule has 29 heavy (non-hydrogen) atoms. The number of aromatic amines is 1. The Balaban J connectivity index is 1.67. The van der Waals surface area contributed by atoms with Gasteiger partial charge in [-0.15, -0.1) is 0 Å². The van der Waals surface area contributed by atoms with E-state index >= 15 is 0 Å². The van der Waals surface area contributed by atoms with Crippen LogP contribution in [0.2, 0.25) is 0 Å². The molecular weight excluding hydrogens is 368 g/mol. The van der Waals surface area contributed by atoms with E-state index in [1.165, 1.54) is 6.20 Å². The van der Waals surface area contributed by atoms with Crippen molar-refractivity contribution in [1.29, 1.82) is 5.41 Å². The first-order valence-electron chi connectivity index (χ1n) is 10.0. The summed E-state index contributed by atoms with van der Waals surface area (Å²) in [6.07, 6.45) is 8.46. The highest BCUT2D eigenvalue weighted by Gasteiger charge is 2.43. The molecular formula is C20H24N8O. The fourth-order valence-corrected chi connectivity index (χ4v) is 3.99. The van der Waals surface area contributed by atoms with Crippen molar-refractivity contribution in [1.82, 2.24) is 24.4 Å². The molecule has 2 fully saturated rings. The topological polar surface area (TPSA) is 129 Å². The van der Waals surface area contributed by atoms with E-state index in [9.17, 15) is 4.79 Å². The van der Waals surface area contributed by atoms with Crippen LogP contribution in [-0.2, 0) is 6.54 Å². The van der Waals surface area contributed by atoms with Gasteiger partial charge in [0, 0.05) is 36.4 Å². The normalized spacial score (nSPS) is 17.1. The first-order valence-corrected chi connectivity index (χ1v) is 10.0. The molecule has 2 saturated carbocycles. The zero-order valence-electron chi connectivity index (χ0n) is 16.3. The van der Waals surface area contributed by atoms with E-state index in [1.807, 2.05) is 17.6 Å². The zero-order valence-corrected chi connectivity index (χ0v) is 16.3. The number of nitrogens with two attached hydrogens (primary N) is 1. The number of H-pyrrole nitrogens is 1. The molecule has 0 unspecified atom stereocenters. The standard InChI is InChI=1S/C20H24N8O/c1-2-27-15(20(29)28(12-3-4-12)13-5-6-13)7-14-16-17(24-10-23-16)18(26-19(14)27)25-11(8-21)9-22/h7-10,12-13,21H,2-6,22H2,1H3,(H,23,24)(H,25,26)/b11-9+,21-8?. The Kier molecular flexibility index (Phi) is 4.04. The number of rotatable bonds is 7. The van der Waals surface area contributed by atoms with E-state index in [4.69, 9.17) is 16.1 Å². The summed E-state index contributed by atoms with van der Waals surface area (Å²) in [5, 5.41) is 11.4. The predicted molar refractivity (Wildman–Crippen MR) is 112 cm³/mol. The molecule has 150 valence electrons. The average Bonchev–Trinajstić information content (AvgIpc) is 3.66. The van der Waals surface area contributed by atoms with Crippen LogP contribution >= 0.6 is 0 Å². The molecule has 0 bridgehead atoms. The van der Waals surface area contributed by atoms with E-state index in [1.54, 1.807) is 6.33 Å². The van der Waals surface area contributed by atoms with Crippen LogP contribution in [0.1, 0.15) is 43.1 Å². The molecule has 5 N–H and O–H groups in total. The highest BCUT2D eigenvalue weighted by molar-refractivity contribution is 6.10. The minimum atomic E-state index is 0.0927. The van der Waals surface area contributed by atoms with Gasteiger partial charge in [0.05, 0.1) is 12.0 Å². The summed E-state index contributed by atoms with van der Waals surface area (Å²) in [6.45, 7) is 2.64. The summed E-state index contributed by atoms with van der Waals surface area (Å²) in [7, 11) is 0. The minimum absolute atomic E-state index is 0.0927. The predicted octanol–water partition coefficient (Wildman–Crippen LogP) is 2.56. The van der Waals surface area contributed by atoms with Gasteiger partial charge < -0.3 is 30.9 Å². The summed E-state index contributed by atoms with van der Waals surface area (Å²) < 4.78 is 1.96. The third kappa shape index (κ3) is 2.84. The number of nitrogens with one attached hydrogen (secondary N) is 3. The van der Waals surface area contributed by atoms with Crippen LogP contribution in [0.25, 0.3) is 22.1 Å². The number of aryl methyl sites for hydroxylation is 1. The van der Waals surface area contributed by atoms with Crippen molar-refractivity contribution in [2.75, 3.05) is 5.32 Å². The highest BCUT2D eigenvalue weighted by Crippen LogP contribution is 2.39. The zero-order chi connectivity index (χ0) is 20.1. The van der Waals surface area contributed by atoms with Crippen LogP contribution in [0.3, 0.4) is 0 Å². The summed E-state index contributed by atoms with van der Waals surface area (Å²) in [5.41, 5.74) is 8.82. The molecule has 5 rings (SSSR count). The SMILES string of the molecule is CCn1c(C(=O)N(C2CC2)C2CC2)cc2c3nc[nH]c3c(N/C(C=N)=C/N)nc21. The van der Waals surface area contributed by atoms with Crippen LogP contribution in [0.15, 0.2) is 24.3 Å². The third-order valence-corrected chi connectivity index (χ3v) is 5.67. The molecule has 2 aliphatic rings. The molecule has 3 aromatic heterocycles. The van der Waals surface area contributed by atoms with Crippen molar-refractivity contribution < 1.29 is 4.79 Å². The smallest absolute Gasteiger partial charge is 0.271 e. The third-order valence-electron chi connectivity index (χ3n) is 5.67. The number of amides is 1. The maximum Gasteiger partial charge on any atom is 0.271 e. The van der Waals surface area contributed by atoms with Gasteiger partial charge in [-0.1, -0.05) is 0 Å². The molecule has 1 amide bonds. The number of anilines is 1. The summed E-state index contributed by atoms with van der Waals surface area (Å²) in [5.74, 6) is 0.619. The lowest BCUT2D eigenvalue weighted by Crippen LogP contribution is -2.36. The van der Waals surface area contributed by atoms with Crippen LogP contribution < -0.4 is 11.1 Å². The maximum absolute atomic E-state index is 13.5. The first kappa shape index (κ1) is 17.7. The van der Waals surface area contributed by atoms with Gasteiger partial charge in [-0.05, 0) is 38.7 Å². The minimum Gasteiger partial charge on any atom is -0.403 e. The quantitative estimate of drug-likeness (QED) is 0.459. The molecule has 0 atom stereocenters. The van der Waals surface area contributed by atoms with Crippen LogP contribution in [0.4, 0.5) is 5.82 Å². The molecule has 0 aromatic carbocycles. The number of fused-ring (bicyclic) bond motifs is 3. The number of carbonyl (C=O) groups is 1. The fraction of sp³-hybridized carbons (Fsp3) is 0.400. The largest absolute Gasteiger partial charge is 0.403 e. The summed E-state index contributed by atoms with van der Waals surface area (Å²) in [4.78, 5) is 27.9. The number of imidazole rings is 1. The fourth-order valence-electron chi connectivity index (χ4n) is 3.99. The monoisotopic (exact) mass is 392 g/mol. The number of carbonyl (C=O) groups excluding carboxylic acids is 1. The number of hydrogen-bond donors (Lipinski definition) is 4. The van der Waals surface area contributed by atoms with Crippen molar-refractivity contribution in [2.45, 2.75) is 51.2 Å². The van der Waals surface area contributed by atoms with Crippen molar-refractivity contribution in [3.63, 3.8) is 0 Å². The van der Waals surface area contributed by atoms with Crippen molar-refractivity contribution >= 4 is 40.0 Å². The number of pyridine rings is 1. The first-order chi connectivity index (χ1) is 14.2. The highest BCUT2D eigenvalue weighted by atomic mass is 16.2. The van der Waals surface area contributed by atoms with Gasteiger partial charge in [-0.25, -0.2) is 9.97 Å². The van der Waals surface area contributed by atoms with E-state index in [0.29, 0.717) is 47.0 Å². The Labute approximate surface area is 167 Å². The Morgan fingerprint density at radius 1 is 1.41 bits per heavy atom. The molecule has 9 heteroatoms. The second-order valence-electron chi connectivity index (χ2n) is 7.66. The van der Waals surface area contributed by atoms with Crippen LogP contribution in [-0.4, -0.2) is 48.6 Å². The molecule has 0 spiro atoms. The molecule has 3 heterocycles. The molecule has 0 radical (unpaired) electrons. The molecule has 2 aliphatic carbocycles. The van der Waals surface area contributed by atoms with E-state index in [0.717, 1.165) is 42.8 Å². The second kappa shape index (κ2) is 6.61. The average molecular weight is 392 g/mol. The van der Waals surface area contributed by atoms with Crippen molar-refractivity contribution in [2.24, 2.45) is 5.73 Å². The lowest BCUT2D eigenvalue weighted by molar-refractivity contribution is 0.0719. The van der Waals surface area contributed by atoms with Crippen LogP contribution in [0.5, 0.6) is 0 Å². The Morgan fingerprint density at radius 2 is 2.14 bits per heavy atom. The number of hydrogen-bond acceptors (Lipinski definition) is 6. The van der Waals surface area contributed by atoms with Gasteiger partial charge in [0.2, 0.25) is 0 Å². The van der Waals surface area contributed by atoms with Gasteiger partial charge in [-0.2, -0.15) is 0 Å². The van der Waals surface area contributed by atoms with Gasteiger partial charge in [0.1, 0.15) is 22.4 Å². The lowest BCUT2D eigenvalue weighted by Gasteiger charge is -2.22. The van der Waals surface area contributed by atoms with Gasteiger partial charge >= 0.3 is 0 Å². The molecule has 0 aliphatic heterocycles. The number of allylic oxidation sites excluding steroid dienone is 1. The second-order valence-corrected chi connectivity index (χ2v) is 7.66. The van der Waals surface area contributed by atoms with Crippen LogP contribution in [0, 0.1) is 5.41 Å². The summed E-state index contributed by atoms with van der Waals surface area (Å²) >= 11 is 0. The van der Waals surface area contributed by atoms with E-state index in [2.05, 4.69) is 20.2 Å². The maximum atomic E-state index is 13.5. The van der Waals surface area contributed by atoms with Gasteiger partial charge in [0.15, 0.2) is 5.82 Å². The van der Waals surface area contributed by atoms with Crippen molar-refractivity contribution in [3.05, 3.63) is 30.0 Å². The summed E-state index contributed by atoms with van der Waals surface area (Å²) in [6, 6.07) is 2.70. The number of aromatic nitrogens is 4. The molecule has 0 saturated heterocycles. The molecule has 3 aromatic rings. The van der Waals surface area contributed by atoms with E-state index in [-0.39, 0.29) is 5.91 Å². The number of nitrogens with zero attached hydrogens (tertiary/aromatic N) is 4. The molecule has 9 nitrogen and oxygen atoms in total. The lowest BCUT2D eigenvalue weighted by atomic mass is 10.2.